The van der Waals surface area contributed by atoms with E-state index in [0.29, 0.717) is 22.3 Å². The molecule has 0 aromatic heterocycles. The molecule has 19 heavy (non-hydrogen) atoms. The van der Waals surface area contributed by atoms with Crippen molar-refractivity contribution in [1.29, 1.82) is 0 Å². The molecule has 1 heterocycles. The number of phenolic OH excluding ortho intramolecular Hbond substituents is 1. The quantitative estimate of drug-likeness (QED) is 0.637. The van der Waals surface area contributed by atoms with Gasteiger partial charge in [0.1, 0.15) is 12.4 Å². The van der Waals surface area contributed by atoms with Crippen LogP contribution in [0.3, 0.4) is 0 Å². The lowest BCUT2D eigenvalue weighted by atomic mass is 10.2. The zero-order valence-corrected chi connectivity index (χ0v) is 12.6. The lowest BCUT2D eigenvalue weighted by Gasteiger charge is -2.26. The molecule has 1 fully saturated rings. The third-order valence-corrected chi connectivity index (χ3v) is 3.84. The van der Waals surface area contributed by atoms with E-state index in [1.165, 1.54) is 6.07 Å². The second kappa shape index (κ2) is 7.06. The van der Waals surface area contributed by atoms with Crippen molar-refractivity contribution < 1.29 is 19.4 Å². The van der Waals surface area contributed by atoms with E-state index < -0.39 is 5.97 Å². The van der Waals surface area contributed by atoms with E-state index in [2.05, 4.69) is 4.90 Å². The van der Waals surface area contributed by atoms with Crippen LogP contribution in [-0.4, -0.2) is 55.4 Å². The lowest BCUT2D eigenvalue weighted by Crippen LogP contribution is -2.38. The van der Waals surface area contributed by atoms with Crippen molar-refractivity contribution in [2.24, 2.45) is 0 Å². The van der Waals surface area contributed by atoms with Gasteiger partial charge >= 0.3 is 5.97 Å². The Morgan fingerprint density at radius 3 is 2.84 bits per heavy atom. The molecule has 0 aliphatic carbocycles. The summed E-state index contributed by atoms with van der Waals surface area (Å²) in [5.74, 6) is -0.303. The molecule has 5 nitrogen and oxygen atoms in total. The maximum Gasteiger partial charge on any atom is 0.338 e. The van der Waals surface area contributed by atoms with Crippen LogP contribution in [0.25, 0.3) is 0 Å². The van der Waals surface area contributed by atoms with Crippen LogP contribution >= 0.6 is 22.6 Å². The van der Waals surface area contributed by atoms with Crippen molar-refractivity contribution in [2.75, 3.05) is 39.5 Å². The van der Waals surface area contributed by atoms with Gasteiger partial charge in [0, 0.05) is 19.6 Å². The highest BCUT2D eigenvalue weighted by Gasteiger charge is 2.12. The average Bonchev–Trinajstić information content (AvgIpc) is 2.43. The summed E-state index contributed by atoms with van der Waals surface area (Å²) >= 11 is 2.00. The number of ether oxygens (including phenoxy) is 2. The summed E-state index contributed by atoms with van der Waals surface area (Å²) in [6.45, 7) is 4.29. The highest BCUT2D eigenvalue weighted by molar-refractivity contribution is 14.1. The molecule has 104 valence electrons. The average molecular weight is 377 g/mol. The van der Waals surface area contributed by atoms with Crippen LogP contribution in [0.15, 0.2) is 18.2 Å². The molecular formula is C13H16INO4. The first-order valence-electron chi connectivity index (χ1n) is 6.12. The predicted molar refractivity (Wildman–Crippen MR) is 78.4 cm³/mol. The number of nitrogens with zero attached hydrogens (tertiary/aromatic N) is 1. The SMILES string of the molecule is O=C(OCCN1CCOCC1)c1ccc(I)c(O)c1. The van der Waals surface area contributed by atoms with Gasteiger partial charge < -0.3 is 14.6 Å². The van der Waals surface area contributed by atoms with Crippen LogP contribution in [0.5, 0.6) is 5.75 Å². The minimum atomic E-state index is -0.403. The summed E-state index contributed by atoms with van der Waals surface area (Å²) in [6, 6.07) is 4.77. The molecule has 1 aliphatic heterocycles. The molecule has 1 saturated heterocycles. The molecule has 0 atom stereocenters. The van der Waals surface area contributed by atoms with Gasteiger partial charge in [-0.2, -0.15) is 0 Å². The number of hydrogen-bond acceptors (Lipinski definition) is 5. The molecule has 1 aromatic carbocycles. The number of carbonyl (C=O) groups excluding carboxylic acids is 1. The Bertz CT molecular complexity index is 446. The Labute approximate surface area is 125 Å². The molecule has 0 bridgehead atoms. The first-order valence-corrected chi connectivity index (χ1v) is 7.20. The van der Waals surface area contributed by atoms with Crippen LogP contribution in [0.2, 0.25) is 0 Å². The zero-order valence-electron chi connectivity index (χ0n) is 10.5. The highest BCUT2D eigenvalue weighted by Crippen LogP contribution is 2.20. The number of rotatable bonds is 4. The number of halogens is 1. The molecule has 0 unspecified atom stereocenters. The van der Waals surface area contributed by atoms with E-state index in [-0.39, 0.29) is 5.75 Å². The van der Waals surface area contributed by atoms with E-state index in [4.69, 9.17) is 9.47 Å². The molecule has 1 aromatic rings. The standard InChI is InChI=1S/C13H16INO4/c14-11-2-1-10(9-12(11)16)13(17)19-8-5-15-3-6-18-7-4-15/h1-2,9,16H,3-8H2. The van der Waals surface area contributed by atoms with E-state index in [1.807, 2.05) is 22.6 Å². The molecule has 1 aliphatic rings. The monoisotopic (exact) mass is 377 g/mol. The summed E-state index contributed by atoms with van der Waals surface area (Å²) in [5.41, 5.74) is 0.375. The number of phenols is 1. The minimum Gasteiger partial charge on any atom is -0.507 e. The Hall–Kier alpha value is -0.860. The van der Waals surface area contributed by atoms with Gasteiger partial charge in [-0.3, -0.25) is 4.90 Å². The summed E-state index contributed by atoms with van der Waals surface area (Å²) < 4.78 is 11.1. The first kappa shape index (κ1) is 14.5. The van der Waals surface area contributed by atoms with Crippen LogP contribution < -0.4 is 0 Å². The minimum absolute atomic E-state index is 0.100. The van der Waals surface area contributed by atoms with Crippen molar-refractivity contribution in [3.8, 4) is 5.75 Å². The molecule has 0 spiro atoms. The lowest BCUT2D eigenvalue weighted by molar-refractivity contribution is 0.0195. The van der Waals surface area contributed by atoms with Crippen molar-refractivity contribution in [3.63, 3.8) is 0 Å². The van der Waals surface area contributed by atoms with Gasteiger partial charge in [0.25, 0.3) is 0 Å². The molecule has 1 N–H and O–H groups in total. The van der Waals surface area contributed by atoms with Crippen molar-refractivity contribution in [2.45, 2.75) is 0 Å². The topological polar surface area (TPSA) is 59.0 Å². The number of esters is 1. The number of morpholine rings is 1. The maximum absolute atomic E-state index is 11.8. The second-order valence-corrected chi connectivity index (χ2v) is 5.42. The van der Waals surface area contributed by atoms with Gasteiger partial charge in [-0.25, -0.2) is 4.79 Å². The second-order valence-electron chi connectivity index (χ2n) is 4.26. The third kappa shape index (κ3) is 4.32. The van der Waals surface area contributed by atoms with Crippen LogP contribution in [0, 0.1) is 3.57 Å². The van der Waals surface area contributed by atoms with Crippen LogP contribution in [0.4, 0.5) is 0 Å². The van der Waals surface area contributed by atoms with E-state index in [9.17, 15) is 9.90 Å². The van der Waals surface area contributed by atoms with Gasteiger partial charge in [0.05, 0.1) is 22.3 Å². The molecule has 0 amide bonds. The fourth-order valence-corrected chi connectivity index (χ4v) is 2.15. The van der Waals surface area contributed by atoms with E-state index >= 15 is 0 Å². The molecule has 0 saturated carbocycles. The van der Waals surface area contributed by atoms with Gasteiger partial charge in [-0.1, -0.05) is 0 Å². The molecular weight excluding hydrogens is 361 g/mol. The first-order chi connectivity index (χ1) is 9.16. The summed E-state index contributed by atoms with van der Waals surface area (Å²) in [4.78, 5) is 14.0. The van der Waals surface area contributed by atoms with Gasteiger partial charge in [0.15, 0.2) is 0 Å². The Morgan fingerprint density at radius 1 is 1.42 bits per heavy atom. The largest absolute Gasteiger partial charge is 0.507 e. The highest BCUT2D eigenvalue weighted by atomic mass is 127. The molecule has 2 rings (SSSR count). The maximum atomic E-state index is 11.8. The Balaban J connectivity index is 1.78. The normalized spacial score (nSPS) is 16.3. The summed E-state index contributed by atoms with van der Waals surface area (Å²) in [7, 11) is 0. The van der Waals surface area contributed by atoms with E-state index in [1.54, 1.807) is 12.1 Å². The van der Waals surface area contributed by atoms with Crippen molar-refractivity contribution in [1.82, 2.24) is 4.90 Å². The van der Waals surface area contributed by atoms with Crippen LogP contribution in [0.1, 0.15) is 10.4 Å². The van der Waals surface area contributed by atoms with Gasteiger partial charge in [-0.15, -0.1) is 0 Å². The van der Waals surface area contributed by atoms with Crippen molar-refractivity contribution in [3.05, 3.63) is 27.3 Å². The number of carbonyl (C=O) groups is 1. The fourth-order valence-electron chi connectivity index (χ4n) is 1.82. The number of aromatic hydroxyl groups is 1. The summed E-state index contributed by atoms with van der Waals surface area (Å²) in [5, 5.41) is 9.54. The Kier molecular flexibility index (Phi) is 5.41. The summed E-state index contributed by atoms with van der Waals surface area (Å²) in [6.07, 6.45) is 0. The van der Waals surface area contributed by atoms with Crippen LogP contribution in [-0.2, 0) is 9.47 Å². The molecule has 0 radical (unpaired) electrons. The van der Waals surface area contributed by atoms with E-state index in [0.717, 1.165) is 26.3 Å². The molecule has 6 heteroatoms. The number of benzene rings is 1. The van der Waals surface area contributed by atoms with Gasteiger partial charge in [0.2, 0.25) is 0 Å². The number of hydrogen-bond donors (Lipinski definition) is 1. The van der Waals surface area contributed by atoms with Crippen molar-refractivity contribution >= 4 is 28.6 Å². The predicted octanol–water partition coefficient (Wildman–Crippen LogP) is 1.49. The van der Waals surface area contributed by atoms with Gasteiger partial charge in [-0.05, 0) is 40.8 Å². The zero-order chi connectivity index (χ0) is 13.7. The fraction of sp³-hybridized carbons (Fsp3) is 0.462. The smallest absolute Gasteiger partial charge is 0.338 e. The third-order valence-electron chi connectivity index (χ3n) is 2.93. The Morgan fingerprint density at radius 2 is 2.16 bits per heavy atom.